The minimum Gasteiger partial charge on any atom is -0.486 e. The van der Waals surface area contributed by atoms with Crippen LogP contribution >= 0.6 is 11.8 Å². The summed E-state index contributed by atoms with van der Waals surface area (Å²) in [5.74, 6) is 0.548. The molecule has 3 rings (SSSR count). The maximum Gasteiger partial charge on any atom is 0.250 e. The van der Waals surface area contributed by atoms with Crippen molar-refractivity contribution in [2.24, 2.45) is 5.73 Å². The molecule has 2 amide bonds. The maximum atomic E-state index is 12.4. The van der Waals surface area contributed by atoms with Crippen LogP contribution in [0.5, 0.6) is 5.75 Å². The quantitative estimate of drug-likeness (QED) is 0.383. The lowest BCUT2D eigenvalue weighted by Gasteiger charge is -2.10. The summed E-state index contributed by atoms with van der Waals surface area (Å²) in [6.45, 7) is 4.48. The first-order valence-electron chi connectivity index (χ1n) is 9.10. The van der Waals surface area contributed by atoms with Crippen molar-refractivity contribution >= 4 is 29.3 Å². The molecule has 0 saturated heterocycles. The number of nitrogens with zero attached hydrogens (tertiary/aromatic N) is 3. The van der Waals surface area contributed by atoms with Gasteiger partial charge in [-0.3, -0.25) is 14.2 Å². The van der Waals surface area contributed by atoms with Gasteiger partial charge in [0, 0.05) is 6.54 Å². The number of carbonyl (C=O) groups is 2. The molecule has 0 aliphatic carbocycles. The third-order valence-corrected chi connectivity index (χ3v) is 4.98. The van der Waals surface area contributed by atoms with E-state index in [1.165, 1.54) is 11.8 Å². The predicted octanol–water partition coefficient (Wildman–Crippen LogP) is 2.87. The number of carbonyl (C=O) groups excluding carboxylic acids is 2. The average molecular weight is 423 g/mol. The first kappa shape index (κ1) is 21.1. The van der Waals surface area contributed by atoms with Crippen molar-refractivity contribution in [1.82, 2.24) is 14.8 Å². The second-order valence-electron chi connectivity index (χ2n) is 6.15. The summed E-state index contributed by atoms with van der Waals surface area (Å²) in [5, 5.41) is 11.6. The van der Waals surface area contributed by atoms with Crippen LogP contribution in [0.2, 0.25) is 0 Å². The maximum absolute atomic E-state index is 12.4. The van der Waals surface area contributed by atoms with Crippen molar-refractivity contribution in [1.29, 1.82) is 0 Å². The summed E-state index contributed by atoms with van der Waals surface area (Å²) in [5.41, 5.74) is 5.97. The lowest BCUT2D eigenvalue weighted by atomic mass is 10.1. The van der Waals surface area contributed by atoms with Gasteiger partial charge in [0.25, 0.3) is 5.91 Å². The van der Waals surface area contributed by atoms with E-state index in [2.05, 4.69) is 22.1 Å². The van der Waals surface area contributed by atoms with Gasteiger partial charge in [-0.05, 0) is 24.3 Å². The number of amides is 2. The van der Waals surface area contributed by atoms with Gasteiger partial charge < -0.3 is 15.8 Å². The van der Waals surface area contributed by atoms with Crippen molar-refractivity contribution < 1.29 is 14.3 Å². The predicted molar refractivity (Wildman–Crippen MR) is 115 cm³/mol. The minimum absolute atomic E-state index is 0.0852. The van der Waals surface area contributed by atoms with Crippen LogP contribution in [-0.2, 0) is 17.9 Å². The van der Waals surface area contributed by atoms with Crippen molar-refractivity contribution in [2.45, 2.75) is 18.3 Å². The first-order valence-corrected chi connectivity index (χ1v) is 10.1. The number of allylic oxidation sites excluding steroid dienone is 1. The Morgan fingerprint density at radius 3 is 2.60 bits per heavy atom. The topological polar surface area (TPSA) is 112 Å². The fraction of sp³-hybridized carbons (Fsp3) is 0.143. The number of nitrogens with one attached hydrogen (secondary N) is 1. The van der Waals surface area contributed by atoms with E-state index in [1.807, 2.05) is 34.9 Å². The van der Waals surface area contributed by atoms with Crippen molar-refractivity contribution in [3.05, 3.63) is 78.6 Å². The molecule has 1 heterocycles. The molecular formula is C21H21N5O3S. The Morgan fingerprint density at radius 2 is 1.87 bits per heavy atom. The van der Waals surface area contributed by atoms with Gasteiger partial charge in [0.15, 0.2) is 11.0 Å². The fourth-order valence-corrected chi connectivity index (χ4v) is 3.40. The van der Waals surface area contributed by atoms with Crippen LogP contribution in [-0.4, -0.2) is 32.3 Å². The van der Waals surface area contributed by atoms with E-state index in [4.69, 9.17) is 10.5 Å². The zero-order valence-electron chi connectivity index (χ0n) is 16.2. The van der Waals surface area contributed by atoms with E-state index in [0.717, 1.165) is 5.75 Å². The van der Waals surface area contributed by atoms with Crippen LogP contribution in [0.25, 0.3) is 0 Å². The van der Waals surface area contributed by atoms with E-state index < -0.39 is 5.91 Å². The summed E-state index contributed by atoms with van der Waals surface area (Å²) in [7, 11) is 0. The SMILES string of the molecule is C=CCn1c(COc2ccccc2)nnc1SCC(=O)Nc1ccccc1C(N)=O. The first-order chi connectivity index (χ1) is 14.6. The molecule has 1 aromatic heterocycles. The molecule has 0 spiro atoms. The van der Waals surface area contributed by atoms with Gasteiger partial charge in [0.2, 0.25) is 5.91 Å². The number of ether oxygens (including phenoxy) is 1. The summed E-state index contributed by atoms with van der Waals surface area (Å²) >= 11 is 1.23. The third kappa shape index (κ3) is 5.48. The molecule has 0 fully saturated rings. The van der Waals surface area contributed by atoms with Crippen LogP contribution in [0.4, 0.5) is 5.69 Å². The summed E-state index contributed by atoms with van der Waals surface area (Å²) in [4.78, 5) is 23.8. The van der Waals surface area contributed by atoms with Gasteiger partial charge in [0.05, 0.1) is 17.0 Å². The van der Waals surface area contributed by atoms with Crippen LogP contribution < -0.4 is 15.8 Å². The molecule has 0 radical (unpaired) electrons. The molecule has 154 valence electrons. The van der Waals surface area contributed by atoms with Crippen molar-refractivity contribution in [3.8, 4) is 5.75 Å². The van der Waals surface area contributed by atoms with Crippen molar-refractivity contribution in [2.75, 3.05) is 11.1 Å². The second-order valence-corrected chi connectivity index (χ2v) is 7.09. The number of anilines is 1. The third-order valence-electron chi connectivity index (χ3n) is 4.02. The molecule has 3 aromatic rings. The van der Waals surface area contributed by atoms with Crippen LogP contribution in [0.3, 0.4) is 0 Å². The highest BCUT2D eigenvalue weighted by molar-refractivity contribution is 7.99. The molecule has 0 bridgehead atoms. The molecule has 2 aromatic carbocycles. The molecule has 0 aliphatic rings. The normalized spacial score (nSPS) is 10.4. The monoisotopic (exact) mass is 423 g/mol. The second kappa shape index (κ2) is 10.3. The highest BCUT2D eigenvalue weighted by Crippen LogP contribution is 2.20. The summed E-state index contributed by atoms with van der Waals surface area (Å²) in [6.07, 6.45) is 1.72. The highest BCUT2D eigenvalue weighted by Gasteiger charge is 2.15. The number of thioether (sulfide) groups is 1. The molecule has 0 aliphatic heterocycles. The van der Waals surface area contributed by atoms with E-state index in [9.17, 15) is 9.59 Å². The number of aromatic nitrogens is 3. The lowest BCUT2D eigenvalue weighted by molar-refractivity contribution is -0.113. The summed E-state index contributed by atoms with van der Waals surface area (Å²) in [6, 6.07) is 16.0. The molecule has 0 saturated carbocycles. The molecule has 8 nitrogen and oxygen atoms in total. The number of benzene rings is 2. The Labute approximate surface area is 178 Å². The molecule has 30 heavy (non-hydrogen) atoms. The number of hydrogen-bond acceptors (Lipinski definition) is 6. The Bertz CT molecular complexity index is 1040. The Hall–Kier alpha value is -3.59. The number of hydrogen-bond donors (Lipinski definition) is 2. The smallest absolute Gasteiger partial charge is 0.250 e. The highest BCUT2D eigenvalue weighted by atomic mass is 32.2. The van der Waals surface area contributed by atoms with Crippen LogP contribution in [0, 0.1) is 0 Å². The Balaban J connectivity index is 1.63. The van der Waals surface area contributed by atoms with Crippen LogP contribution in [0.15, 0.2) is 72.4 Å². The van der Waals surface area contributed by atoms with Gasteiger partial charge in [-0.1, -0.05) is 48.2 Å². The van der Waals surface area contributed by atoms with Gasteiger partial charge in [-0.15, -0.1) is 16.8 Å². The Kier molecular flexibility index (Phi) is 7.23. The van der Waals surface area contributed by atoms with Gasteiger partial charge in [-0.25, -0.2) is 0 Å². The Morgan fingerprint density at radius 1 is 1.13 bits per heavy atom. The van der Waals surface area contributed by atoms with Gasteiger partial charge in [0.1, 0.15) is 12.4 Å². The number of rotatable bonds is 10. The fourth-order valence-electron chi connectivity index (χ4n) is 2.63. The molecular weight excluding hydrogens is 402 g/mol. The number of para-hydroxylation sites is 2. The zero-order valence-corrected chi connectivity index (χ0v) is 17.0. The van der Waals surface area contributed by atoms with E-state index in [1.54, 1.807) is 30.3 Å². The largest absolute Gasteiger partial charge is 0.486 e. The average Bonchev–Trinajstić information content (AvgIpc) is 3.13. The lowest BCUT2D eigenvalue weighted by Crippen LogP contribution is -2.19. The summed E-state index contributed by atoms with van der Waals surface area (Å²) < 4.78 is 7.58. The molecule has 0 unspecified atom stereocenters. The van der Waals surface area contributed by atoms with E-state index in [0.29, 0.717) is 23.2 Å². The van der Waals surface area contributed by atoms with Crippen molar-refractivity contribution in [3.63, 3.8) is 0 Å². The molecule has 0 atom stereocenters. The number of nitrogens with two attached hydrogens (primary N) is 1. The number of primary amides is 1. The minimum atomic E-state index is -0.604. The zero-order chi connectivity index (χ0) is 21.3. The van der Waals surface area contributed by atoms with Gasteiger partial charge in [-0.2, -0.15) is 0 Å². The van der Waals surface area contributed by atoms with E-state index >= 15 is 0 Å². The standard InChI is InChI=1S/C21H21N5O3S/c1-2-12-26-18(13-29-15-8-4-3-5-9-15)24-25-21(26)30-14-19(27)23-17-11-7-6-10-16(17)20(22)28/h2-11H,1,12-14H2,(H2,22,28)(H,23,27). The van der Waals surface area contributed by atoms with E-state index in [-0.39, 0.29) is 23.8 Å². The molecule has 9 heteroatoms. The van der Waals surface area contributed by atoms with Gasteiger partial charge >= 0.3 is 0 Å². The molecule has 3 N–H and O–H groups in total. The van der Waals surface area contributed by atoms with Crippen LogP contribution in [0.1, 0.15) is 16.2 Å².